The van der Waals surface area contributed by atoms with Crippen LogP contribution in [0, 0.1) is 0 Å². The maximum Gasteiger partial charge on any atom is 0.336 e. The first kappa shape index (κ1) is 9.66. The summed E-state index contributed by atoms with van der Waals surface area (Å²) in [5.74, 6) is 0. The number of rotatable bonds is 2. The molecule has 0 spiro atoms. The van der Waals surface area contributed by atoms with Crippen molar-refractivity contribution in [1.29, 1.82) is 0 Å². The Morgan fingerprint density at radius 1 is 1.67 bits per heavy atom. The Kier molecular flexibility index (Phi) is 2.84. The Bertz CT molecular complexity index is 261. The summed E-state index contributed by atoms with van der Waals surface area (Å²) < 4.78 is 36.2. The lowest BCUT2D eigenvalue weighted by Gasteiger charge is -2.30. The molecule has 0 aromatic heterocycles. The van der Waals surface area contributed by atoms with Gasteiger partial charge in [-0.3, -0.25) is 4.55 Å². The van der Waals surface area contributed by atoms with Gasteiger partial charge in [-0.15, -0.1) is 6.58 Å². The quantitative estimate of drug-likeness (QED) is 0.482. The van der Waals surface area contributed by atoms with Gasteiger partial charge in [-0.2, -0.15) is 12.7 Å². The third-order valence-corrected chi connectivity index (χ3v) is 2.73. The van der Waals surface area contributed by atoms with Gasteiger partial charge in [0.1, 0.15) is 0 Å². The molecule has 12 heavy (non-hydrogen) atoms. The van der Waals surface area contributed by atoms with Crippen molar-refractivity contribution in [2.24, 2.45) is 0 Å². The van der Waals surface area contributed by atoms with E-state index in [1.165, 1.54) is 6.08 Å². The third kappa shape index (κ3) is 2.04. The van der Waals surface area contributed by atoms with Crippen LogP contribution in [0.4, 0.5) is 0 Å². The zero-order valence-corrected chi connectivity index (χ0v) is 7.33. The Balaban J connectivity index is 2.79. The summed E-state index contributed by atoms with van der Waals surface area (Å²) >= 11 is 0. The zero-order chi connectivity index (χ0) is 9.19. The number of hydrogen-bond donors (Lipinski definition) is 1. The first-order valence-electron chi connectivity index (χ1n) is 3.50. The van der Waals surface area contributed by atoms with E-state index in [1.54, 1.807) is 0 Å². The molecule has 0 aliphatic carbocycles. The molecule has 6 heteroatoms. The van der Waals surface area contributed by atoms with E-state index in [-0.39, 0.29) is 13.2 Å². The molecule has 1 unspecified atom stereocenters. The summed E-state index contributed by atoms with van der Waals surface area (Å²) in [6.45, 7) is 4.19. The molecule has 0 aromatic rings. The molecule has 1 aliphatic heterocycles. The Morgan fingerprint density at radius 3 is 2.75 bits per heavy atom. The van der Waals surface area contributed by atoms with E-state index in [2.05, 4.69) is 6.58 Å². The van der Waals surface area contributed by atoms with E-state index in [9.17, 15) is 8.42 Å². The highest BCUT2D eigenvalue weighted by molar-refractivity contribution is 7.83. The summed E-state index contributed by atoms with van der Waals surface area (Å²) in [6, 6.07) is -0.450. The second-order valence-corrected chi connectivity index (χ2v) is 3.83. The van der Waals surface area contributed by atoms with Crippen LogP contribution in [-0.2, 0) is 15.0 Å². The topological polar surface area (TPSA) is 66.8 Å². The molecule has 0 amide bonds. The van der Waals surface area contributed by atoms with Gasteiger partial charge in [0.05, 0.1) is 19.3 Å². The van der Waals surface area contributed by atoms with Crippen LogP contribution in [0.3, 0.4) is 0 Å². The van der Waals surface area contributed by atoms with Crippen LogP contribution < -0.4 is 0 Å². The molecular formula is C6H11NO4S. The molecule has 1 fully saturated rings. The summed E-state index contributed by atoms with van der Waals surface area (Å²) in [6.07, 6.45) is 1.44. The molecule has 1 heterocycles. The molecule has 0 bridgehead atoms. The number of hydrogen-bond acceptors (Lipinski definition) is 3. The van der Waals surface area contributed by atoms with Gasteiger partial charge in [-0.25, -0.2) is 0 Å². The minimum absolute atomic E-state index is 0.176. The predicted octanol–water partition coefficient (Wildman–Crippen LogP) is -0.324. The fourth-order valence-corrected chi connectivity index (χ4v) is 1.87. The number of ether oxygens (including phenoxy) is 1. The van der Waals surface area contributed by atoms with Gasteiger partial charge in [0.15, 0.2) is 0 Å². The van der Waals surface area contributed by atoms with E-state index in [1.807, 2.05) is 0 Å². The average molecular weight is 193 g/mol. The summed E-state index contributed by atoms with van der Waals surface area (Å²) in [4.78, 5) is 0. The molecule has 1 saturated heterocycles. The van der Waals surface area contributed by atoms with Crippen molar-refractivity contribution in [3.05, 3.63) is 12.7 Å². The molecule has 0 saturated carbocycles. The van der Waals surface area contributed by atoms with Crippen molar-refractivity contribution < 1.29 is 17.7 Å². The van der Waals surface area contributed by atoms with Gasteiger partial charge in [-0.05, 0) is 0 Å². The monoisotopic (exact) mass is 193 g/mol. The van der Waals surface area contributed by atoms with E-state index in [0.29, 0.717) is 6.61 Å². The Hall–Kier alpha value is -0.430. The van der Waals surface area contributed by atoms with Crippen molar-refractivity contribution in [1.82, 2.24) is 4.31 Å². The number of morpholine rings is 1. The minimum Gasteiger partial charge on any atom is -0.378 e. The molecule has 5 nitrogen and oxygen atoms in total. The normalized spacial score (nSPS) is 26.9. The SMILES string of the molecule is C=CC1COCCN1S(=O)(=O)O. The molecule has 1 N–H and O–H groups in total. The lowest BCUT2D eigenvalue weighted by Crippen LogP contribution is -2.47. The van der Waals surface area contributed by atoms with Gasteiger partial charge >= 0.3 is 10.3 Å². The van der Waals surface area contributed by atoms with Crippen molar-refractivity contribution in [2.75, 3.05) is 19.8 Å². The lowest BCUT2D eigenvalue weighted by molar-refractivity contribution is 0.0450. The smallest absolute Gasteiger partial charge is 0.336 e. The van der Waals surface area contributed by atoms with Gasteiger partial charge in [0.25, 0.3) is 0 Å². The van der Waals surface area contributed by atoms with Crippen LogP contribution in [-0.4, -0.2) is 43.1 Å². The molecule has 0 radical (unpaired) electrons. The molecule has 70 valence electrons. The van der Waals surface area contributed by atoms with Crippen LogP contribution in [0.5, 0.6) is 0 Å². The molecule has 1 aliphatic rings. The fraction of sp³-hybridized carbons (Fsp3) is 0.667. The van der Waals surface area contributed by atoms with Gasteiger partial charge < -0.3 is 4.74 Å². The number of nitrogens with zero attached hydrogens (tertiary/aromatic N) is 1. The van der Waals surface area contributed by atoms with Gasteiger partial charge in [0, 0.05) is 6.54 Å². The second kappa shape index (κ2) is 3.53. The lowest BCUT2D eigenvalue weighted by atomic mass is 10.3. The van der Waals surface area contributed by atoms with Crippen molar-refractivity contribution in [2.45, 2.75) is 6.04 Å². The standard InChI is InChI=1S/C6H11NO4S/c1-2-6-5-11-4-3-7(6)12(8,9)10/h2,6H,1,3-5H2,(H,8,9,10). The fourth-order valence-electron chi connectivity index (χ4n) is 1.08. The van der Waals surface area contributed by atoms with Crippen LogP contribution in [0.1, 0.15) is 0 Å². The first-order valence-corrected chi connectivity index (χ1v) is 4.90. The second-order valence-electron chi connectivity index (χ2n) is 2.47. The van der Waals surface area contributed by atoms with Crippen LogP contribution in [0.15, 0.2) is 12.7 Å². The van der Waals surface area contributed by atoms with E-state index in [0.717, 1.165) is 4.31 Å². The summed E-state index contributed by atoms with van der Waals surface area (Å²) in [7, 11) is -4.11. The maximum absolute atomic E-state index is 10.7. The Labute approximate surface area is 71.5 Å². The van der Waals surface area contributed by atoms with Gasteiger partial charge in [-0.1, -0.05) is 6.08 Å². The predicted molar refractivity (Wildman–Crippen MR) is 43.1 cm³/mol. The van der Waals surface area contributed by atoms with Crippen molar-refractivity contribution in [3.63, 3.8) is 0 Å². The third-order valence-electron chi connectivity index (χ3n) is 1.68. The molecule has 1 rings (SSSR count). The van der Waals surface area contributed by atoms with Crippen LogP contribution >= 0.6 is 0 Å². The molecule has 0 aromatic carbocycles. The van der Waals surface area contributed by atoms with E-state index < -0.39 is 16.3 Å². The molecule has 1 atom stereocenters. The summed E-state index contributed by atoms with van der Waals surface area (Å²) in [5, 5.41) is 0. The van der Waals surface area contributed by atoms with Gasteiger partial charge in [0.2, 0.25) is 0 Å². The highest BCUT2D eigenvalue weighted by atomic mass is 32.2. The highest BCUT2D eigenvalue weighted by Crippen LogP contribution is 2.11. The first-order chi connectivity index (χ1) is 5.55. The van der Waals surface area contributed by atoms with Crippen LogP contribution in [0.2, 0.25) is 0 Å². The van der Waals surface area contributed by atoms with E-state index >= 15 is 0 Å². The molecular weight excluding hydrogens is 182 g/mol. The van der Waals surface area contributed by atoms with Crippen molar-refractivity contribution >= 4 is 10.3 Å². The largest absolute Gasteiger partial charge is 0.378 e. The minimum atomic E-state index is -4.11. The maximum atomic E-state index is 10.7. The highest BCUT2D eigenvalue weighted by Gasteiger charge is 2.29. The average Bonchev–Trinajstić information content (AvgIpc) is 2.03. The van der Waals surface area contributed by atoms with Crippen LogP contribution in [0.25, 0.3) is 0 Å². The van der Waals surface area contributed by atoms with E-state index in [4.69, 9.17) is 9.29 Å². The summed E-state index contributed by atoms with van der Waals surface area (Å²) in [5.41, 5.74) is 0. The zero-order valence-electron chi connectivity index (χ0n) is 6.51. The van der Waals surface area contributed by atoms with Crippen molar-refractivity contribution in [3.8, 4) is 0 Å². The Morgan fingerprint density at radius 2 is 2.33 bits per heavy atom.